The number of H-pyrrole nitrogens is 1. The molecule has 1 aromatic carbocycles. The van der Waals surface area contributed by atoms with Crippen LogP contribution in [0.4, 0.5) is 8.78 Å². The van der Waals surface area contributed by atoms with E-state index in [0.29, 0.717) is 12.5 Å². The Labute approximate surface area is 144 Å². The third-order valence-electron chi connectivity index (χ3n) is 4.58. The molecule has 0 fully saturated rings. The van der Waals surface area contributed by atoms with Crippen molar-refractivity contribution in [2.24, 2.45) is 5.92 Å². The summed E-state index contributed by atoms with van der Waals surface area (Å²) in [5.41, 5.74) is 3.60. The van der Waals surface area contributed by atoms with Crippen molar-refractivity contribution >= 4 is 10.9 Å². The quantitative estimate of drug-likeness (QED) is 0.676. The zero-order chi connectivity index (χ0) is 17.4. The van der Waals surface area contributed by atoms with Crippen molar-refractivity contribution in [2.75, 3.05) is 13.2 Å². The third kappa shape index (κ3) is 3.42. The average molecular weight is 346 g/mol. The lowest BCUT2D eigenvalue weighted by Crippen LogP contribution is -2.30. The molecule has 0 spiro atoms. The molecule has 1 aliphatic heterocycles. The van der Waals surface area contributed by atoms with Crippen LogP contribution in [0.2, 0.25) is 0 Å². The number of aromatic amines is 1. The first-order valence-electron chi connectivity index (χ1n) is 8.46. The number of nitrogens with one attached hydrogen (secondary N) is 1. The highest BCUT2D eigenvalue weighted by atomic mass is 19.3. The number of ether oxygens (including phenoxy) is 1. The number of benzene rings is 1. The van der Waals surface area contributed by atoms with Gasteiger partial charge in [0.25, 0.3) is 5.92 Å². The second-order valence-electron chi connectivity index (χ2n) is 6.89. The fraction of sp³-hybridized carbons (Fsp3) is 0.444. The zero-order valence-corrected chi connectivity index (χ0v) is 14.0. The van der Waals surface area contributed by atoms with Gasteiger partial charge >= 0.3 is 0 Å². The lowest BCUT2D eigenvalue weighted by molar-refractivity contribution is -0.0908. The van der Waals surface area contributed by atoms with Gasteiger partial charge in [-0.2, -0.15) is 10.2 Å². The Morgan fingerprint density at radius 1 is 1.36 bits per heavy atom. The summed E-state index contributed by atoms with van der Waals surface area (Å²) in [7, 11) is 0. The van der Waals surface area contributed by atoms with Crippen molar-refractivity contribution < 1.29 is 13.5 Å². The van der Waals surface area contributed by atoms with Crippen molar-refractivity contribution in [3.05, 3.63) is 36.2 Å². The Bertz CT molecular complexity index is 886. The van der Waals surface area contributed by atoms with Crippen LogP contribution < -0.4 is 0 Å². The summed E-state index contributed by atoms with van der Waals surface area (Å²) in [6, 6.07) is 6.22. The van der Waals surface area contributed by atoms with E-state index in [-0.39, 0.29) is 0 Å². The maximum atomic E-state index is 14.1. The number of nitrogens with zero attached hydrogens (tertiary/aromatic N) is 3. The van der Waals surface area contributed by atoms with Crippen LogP contribution in [0.5, 0.6) is 0 Å². The van der Waals surface area contributed by atoms with Gasteiger partial charge in [0.15, 0.2) is 0 Å². The van der Waals surface area contributed by atoms with Gasteiger partial charge < -0.3 is 4.74 Å². The molecule has 7 heteroatoms. The van der Waals surface area contributed by atoms with Crippen LogP contribution in [0.15, 0.2) is 30.6 Å². The van der Waals surface area contributed by atoms with Crippen LogP contribution >= 0.6 is 0 Å². The van der Waals surface area contributed by atoms with Gasteiger partial charge in [0, 0.05) is 23.8 Å². The Hall–Kier alpha value is -2.28. The monoisotopic (exact) mass is 346 g/mol. The van der Waals surface area contributed by atoms with Crippen molar-refractivity contribution in [1.29, 1.82) is 0 Å². The predicted octanol–water partition coefficient (Wildman–Crippen LogP) is 3.66. The lowest BCUT2D eigenvalue weighted by Gasteiger charge is -2.17. The Balaban J connectivity index is 1.77. The fourth-order valence-corrected chi connectivity index (χ4v) is 3.27. The van der Waals surface area contributed by atoms with Gasteiger partial charge in [-0.15, -0.1) is 0 Å². The van der Waals surface area contributed by atoms with Crippen LogP contribution in [-0.2, 0) is 17.7 Å². The number of fused-ring (bicyclic) bond motifs is 4. The zero-order valence-electron chi connectivity index (χ0n) is 14.0. The predicted molar refractivity (Wildman–Crippen MR) is 90.6 cm³/mol. The summed E-state index contributed by atoms with van der Waals surface area (Å²) < 4.78 is 34.6. The number of halogens is 2. The van der Waals surface area contributed by atoms with E-state index in [2.05, 4.69) is 34.4 Å². The largest absolute Gasteiger partial charge is 0.375 e. The Kier molecular flexibility index (Phi) is 4.03. The van der Waals surface area contributed by atoms with Crippen molar-refractivity contribution in [3.63, 3.8) is 0 Å². The van der Waals surface area contributed by atoms with Crippen molar-refractivity contribution in [1.82, 2.24) is 20.0 Å². The van der Waals surface area contributed by atoms with Gasteiger partial charge in [-0.3, -0.25) is 9.78 Å². The molecular weight excluding hydrogens is 326 g/mol. The first-order valence-corrected chi connectivity index (χ1v) is 8.46. The lowest BCUT2D eigenvalue weighted by atomic mass is 9.97. The van der Waals surface area contributed by atoms with E-state index in [1.165, 1.54) is 10.2 Å². The number of alkyl halides is 2. The molecule has 0 saturated heterocycles. The Morgan fingerprint density at radius 2 is 2.24 bits per heavy atom. The third-order valence-corrected chi connectivity index (χ3v) is 4.58. The molecular formula is C18H20F2N4O. The summed E-state index contributed by atoms with van der Waals surface area (Å²) in [6.45, 7) is 1.36. The smallest absolute Gasteiger partial charge is 0.290 e. The van der Waals surface area contributed by atoms with E-state index >= 15 is 0 Å². The highest BCUT2D eigenvalue weighted by Gasteiger charge is 2.30. The van der Waals surface area contributed by atoms with Gasteiger partial charge in [0.1, 0.15) is 18.8 Å². The van der Waals surface area contributed by atoms with E-state index in [1.807, 2.05) is 6.07 Å². The molecule has 132 valence electrons. The van der Waals surface area contributed by atoms with Crippen LogP contribution in [0.1, 0.15) is 18.9 Å². The second-order valence-corrected chi connectivity index (χ2v) is 6.89. The van der Waals surface area contributed by atoms with E-state index in [0.717, 1.165) is 35.0 Å². The molecule has 0 saturated carbocycles. The Morgan fingerprint density at radius 3 is 3.12 bits per heavy atom. The summed E-state index contributed by atoms with van der Waals surface area (Å²) in [4.78, 5) is 0. The van der Waals surface area contributed by atoms with Crippen LogP contribution in [0.3, 0.4) is 0 Å². The first kappa shape index (κ1) is 16.2. The average Bonchev–Trinajstić information content (AvgIpc) is 3.16. The van der Waals surface area contributed by atoms with Gasteiger partial charge in [-0.05, 0) is 36.5 Å². The highest BCUT2D eigenvalue weighted by molar-refractivity contribution is 5.93. The molecule has 3 heterocycles. The second kappa shape index (κ2) is 6.22. The normalized spacial score (nSPS) is 21.2. The minimum atomic E-state index is -2.95. The number of rotatable bonds is 0. The molecule has 1 aliphatic rings. The van der Waals surface area contributed by atoms with Gasteiger partial charge in [0.05, 0.1) is 11.7 Å². The molecule has 0 radical (unpaired) electrons. The molecule has 4 rings (SSSR count). The van der Waals surface area contributed by atoms with Gasteiger partial charge in [-0.1, -0.05) is 13.0 Å². The van der Waals surface area contributed by atoms with E-state index < -0.39 is 19.1 Å². The SMILES string of the molecule is C[C@@H]1CCOCC(F)(F)Cn2cc(cn2)-c2n[nH]c3ccc(cc23)C1. The number of aromatic nitrogens is 4. The van der Waals surface area contributed by atoms with E-state index in [9.17, 15) is 8.78 Å². The molecule has 2 aromatic heterocycles. The number of hydrogen-bond acceptors (Lipinski definition) is 3. The summed E-state index contributed by atoms with van der Waals surface area (Å²) >= 11 is 0. The van der Waals surface area contributed by atoms with Gasteiger partial charge in [-0.25, -0.2) is 8.78 Å². The van der Waals surface area contributed by atoms with Gasteiger partial charge in [0.2, 0.25) is 0 Å². The molecule has 4 bridgehead atoms. The fourth-order valence-electron chi connectivity index (χ4n) is 3.27. The summed E-state index contributed by atoms with van der Waals surface area (Å²) in [5, 5.41) is 12.4. The molecule has 1 atom stereocenters. The molecule has 0 amide bonds. The topological polar surface area (TPSA) is 55.7 Å². The number of hydrogen-bond donors (Lipinski definition) is 1. The highest BCUT2D eigenvalue weighted by Crippen LogP contribution is 2.28. The van der Waals surface area contributed by atoms with Crippen LogP contribution in [0.25, 0.3) is 22.2 Å². The first-order chi connectivity index (χ1) is 12.0. The van der Waals surface area contributed by atoms with Crippen LogP contribution in [0, 0.1) is 5.92 Å². The maximum absolute atomic E-state index is 14.1. The molecule has 3 aromatic rings. The standard InChI is InChI=1S/C18H20F2N4O/c1-12-4-5-25-11-18(19,20)10-24-9-14(8-21-24)17-15-7-13(6-12)2-3-16(15)22-23-17/h2-3,7-9,12H,4-6,10-11H2,1H3,(H,22,23)/t12-/m1/s1. The maximum Gasteiger partial charge on any atom is 0.290 e. The van der Waals surface area contributed by atoms with Crippen molar-refractivity contribution in [2.45, 2.75) is 32.2 Å². The van der Waals surface area contributed by atoms with Crippen molar-refractivity contribution in [3.8, 4) is 11.3 Å². The molecule has 0 unspecified atom stereocenters. The van der Waals surface area contributed by atoms with E-state index in [4.69, 9.17) is 4.74 Å². The van der Waals surface area contributed by atoms with Crippen LogP contribution in [-0.4, -0.2) is 39.1 Å². The summed E-state index contributed by atoms with van der Waals surface area (Å²) in [5.74, 6) is -2.60. The molecule has 0 aliphatic carbocycles. The van der Waals surface area contributed by atoms with E-state index in [1.54, 1.807) is 12.4 Å². The molecule has 5 nitrogen and oxygen atoms in total. The minimum absolute atomic E-state index is 0.334. The molecule has 1 N–H and O–H groups in total. The summed E-state index contributed by atoms with van der Waals surface area (Å²) in [6.07, 6.45) is 4.81. The minimum Gasteiger partial charge on any atom is -0.375 e. The molecule has 25 heavy (non-hydrogen) atoms.